The molecular weight excluding hydrogens is 429 g/mol. The molecule has 0 aliphatic rings. The van der Waals surface area contributed by atoms with Gasteiger partial charge < -0.3 is 20.1 Å². The Balaban J connectivity index is 0.00000312. The first-order chi connectivity index (χ1) is 11.7. The van der Waals surface area contributed by atoms with Gasteiger partial charge in [-0.05, 0) is 36.2 Å². The van der Waals surface area contributed by atoms with Crippen molar-refractivity contribution >= 4 is 29.9 Å². The summed E-state index contributed by atoms with van der Waals surface area (Å²) in [6.07, 6.45) is 0. The molecule has 0 atom stereocenters. The first-order valence-electron chi connectivity index (χ1n) is 7.87. The summed E-state index contributed by atoms with van der Waals surface area (Å²) >= 11 is 0. The highest BCUT2D eigenvalue weighted by atomic mass is 127. The van der Waals surface area contributed by atoms with E-state index in [0.717, 1.165) is 28.6 Å². The van der Waals surface area contributed by atoms with Gasteiger partial charge in [-0.15, -0.1) is 24.0 Å². The van der Waals surface area contributed by atoms with E-state index in [1.54, 1.807) is 21.3 Å². The molecule has 2 aromatic carbocycles. The first kappa shape index (κ1) is 21.1. The van der Waals surface area contributed by atoms with E-state index in [9.17, 15) is 0 Å². The van der Waals surface area contributed by atoms with Gasteiger partial charge in [0.05, 0.1) is 14.2 Å². The van der Waals surface area contributed by atoms with Gasteiger partial charge in [0.1, 0.15) is 11.5 Å². The minimum atomic E-state index is 0. The average Bonchev–Trinajstić information content (AvgIpc) is 2.62. The second-order valence-corrected chi connectivity index (χ2v) is 5.45. The van der Waals surface area contributed by atoms with Gasteiger partial charge >= 0.3 is 0 Å². The normalized spacial score (nSPS) is 10.6. The highest BCUT2D eigenvalue weighted by Crippen LogP contribution is 2.19. The van der Waals surface area contributed by atoms with Crippen molar-refractivity contribution in [2.45, 2.75) is 20.0 Å². The molecular formula is C19H26IN3O2. The number of benzene rings is 2. The molecule has 0 radical (unpaired) electrons. The molecule has 25 heavy (non-hydrogen) atoms. The molecule has 0 heterocycles. The van der Waals surface area contributed by atoms with Crippen LogP contribution in [0.5, 0.6) is 11.5 Å². The van der Waals surface area contributed by atoms with Crippen molar-refractivity contribution < 1.29 is 9.47 Å². The molecule has 2 rings (SSSR count). The van der Waals surface area contributed by atoms with E-state index >= 15 is 0 Å². The van der Waals surface area contributed by atoms with Crippen LogP contribution < -0.4 is 20.1 Å². The number of aryl methyl sites for hydroxylation is 1. The van der Waals surface area contributed by atoms with Crippen LogP contribution in [0, 0.1) is 6.92 Å². The van der Waals surface area contributed by atoms with E-state index < -0.39 is 0 Å². The first-order valence-corrected chi connectivity index (χ1v) is 7.87. The SMILES string of the molecule is CN=C(NCc1cccc(OC)c1)NCc1ccc(C)cc1OC.I. The van der Waals surface area contributed by atoms with Gasteiger partial charge in [0.15, 0.2) is 5.96 Å². The topological polar surface area (TPSA) is 54.9 Å². The molecule has 0 aromatic heterocycles. The summed E-state index contributed by atoms with van der Waals surface area (Å²) in [5.74, 6) is 2.47. The Labute approximate surface area is 166 Å². The van der Waals surface area contributed by atoms with Gasteiger partial charge in [-0.25, -0.2) is 0 Å². The number of hydrogen-bond acceptors (Lipinski definition) is 3. The van der Waals surface area contributed by atoms with Gasteiger partial charge in [-0.3, -0.25) is 4.99 Å². The summed E-state index contributed by atoms with van der Waals surface area (Å²) in [5, 5.41) is 6.61. The minimum absolute atomic E-state index is 0. The third-order valence-electron chi connectivity index (χ3n) is 3.71. The van der Waals surface area contributed by atoms with Crippen molar-refractivity contribution in [1.82, 2.24) is 10.6 Å². The summed E-state index contributed by atoms with van der Waals surface area (Å²) in [6, 6.07) is 14.1. The van der Waals surface area contributed by atoms with Crippen molar-refractivity contribution in [2.24, 2.45) is 4.99 Å². The van der Waals surface area contributed by atoms with Gasteiger partial charge in [-0.2, -0.15) is 0 Å². The van der Waals surface area contributed by atoms with E-state index in [1.165, 1.54) is 5.56 Å². The fourth-order valence-electron chi connectivity index (χ4n) is 2.37. The fraction of sp³-hybridized carbons (Fsp3) is 0.316. The third kappa shape index (κ3) is 6.45. The molecule has 0 fully saturated rings. The second kappa shape index (κ2) is 10.8. The van der Waals surface area contributed by atoms with E-state index in [-0.39, 0.29) is 24.0 Å². The van der Waals surface area contributed by atoms with Crippen molar-refractivity contribution in [2.75, 3.05) is 21.3 Å². The summed E-state index contributed by atoms with van der Waals surface area (Å²) in [7, 11) is 5.11. The Bertz CT molecular complexity index is 705. The van der Waals surface area contributed by atoms with Crippen LogP contribution in [-0.2, 0) is 13.1 Å². The Morgan fingerprint density at radius 2 is 1.76 bits per heavy atom. The molecule has 0 saturated heterocycles. The predicted molar refractivity (Wildman–Crippen MR) is 113 cm³/mol. The number of guanidine groups is 1. The predicted octanol–water partition coefficient (Wildman–Crippen LogP) is 3.50. The maximum atomic E-state index is 5.43. The van der Waals surface area contributed by atoms with Crippen LogP contribution in [0.1, 0.15) is 16.7 Å². The van der Waals surface area contributed by atoms with Crippen LogP contribution in [0.3, 0.4) is 0 Å². The molecule has 5 nitrogen and oxygen atoms in total. The van der Waals surface area contributed by atoms with Crippen molar-refractivity contribution in [3.05, 3.63) is 59.2 Å². The van der Waals surface area contributed by atoms with E-state index in [0.29, 0.717) is 13.1 Å². The molecule has 0 amide bonds. The molecule has 0 bridgehead atoms. The number of nitrogens with zero attached hydrogens (tertiary/aromatic N) is 1. The minimum Gasteiger partial charge on any atom is -0.497 e. The lowest BCUT2D eigenvalue weighted by Crippen LogP contribution is -2.36. The zero-order valence-corrected chi connectivity index (χ0v) is 17.5. The maximum absolute atomic E-state index is 5.43. The van der Waals surface area contributed by atoms with Crippen LogP contribution in [0.2, 0.25) is 0 Å². The smallest absolute Gasteiger partial charge is 0.191 e. The van der Waals surface area contributed by atoms with Crippen LogP contribution in [0.25, 0.3) is 0 Å². The summed E-state index contributed by atoms with van der Waals surface area (Å²) < 4.78 is 10.7. The van der Waals surface area contributed by atoms with Gasteiger partial charge in [0, 0.05) is 25.7 Å². The Morgan fingerprint density at radius 3 is 2.44 bits per heavy atom. The standard InChI is InChI=1S/C19H25N3O2.HI/c1-14-8-9-16(18(10-14)24-4)13-22-19(20-2)21-12-15-6-5-7-17(11-15)23-3;/h5-11H,12-13H2,1-4H3,(H2,20,21,22);1H. The van der Waals surface area contributed by atoms with Crippen molar-refractivity contribution in [1.29, 1.82) is 0 Å². The molecule has 0 saturated carbocycles. The van der Waals surface area contributed by atoms with Crippen LogP contribution in [0.15, 0.2) is 47.5 Å². The number of nitrogens with one attached hydrogen (secondary N) is 2. The molecule has 6 heteroatoms. The van der Waals surface area contributed by atoms with Crippen LogP contribution in [0.4, 0.5) is 0 Å². The molecule has 0 aliphatic heterocycles. The highest BCUT2D eigenvalue weighted by molar-refractivity contribution is 14.0. The summed E-state index contributed by atoms with van der Waals surface area (Å²) in [6.45, 7) is 3.36. The third-order valence-corrected chi connectivity index (χ3v) is 3.71. The molecule has 0 spiro atoms. The second-order valence-electron chi connectivity index (χ2n) is 5.45. The van der Waals surface area contributed by atoms with Gasteiger partial charge in [-0.1, -0.05) is 24.3 Å². The van der Waals surface area contributed by atoms with Gasteiger partial charge in [0.2, 0.25) is 0 Å². The monoisotopic (exact) mass is 455 g/mol. The van der Waals surface area contributed by atoms with E-state index in [2.05, 4.69) is 27.8 Å². The molecule has 0 aliphatic carbocycles. The average molecular weight is 455 g/mol. The van der Waals surface area contributed by atoms with Crippen molar-refractivity contribution in [3.8, 4) is 11.5 Å². The van der Waals surface area contributed by atoms with E-state index in [1.807, 2.05) is 37.3 Å². The lowest BCUT2D eigenvalue weighted by atomic mass is 10.1. The zero-order chi connectivity index (χ0) is 17.4. The number of methoxy groups -OCH3 is 2. The molecule has 136 valence electrons. The largest absolute Gasteiger partial charge is 0.497 e. The number of aliphatic imine (C=N–C) groups is 1. The molecule has 2 aromatic rings. The Hall–Kier alpha value is -1.96. The summed E-state index contributed by atoms with van der Waals surface area (Å²) in [5.41, 5.74) is 3.40. The number of rotatable bonds is 6. The maximum Gasteiger partial charge on any atom is 0.191 e. The molecule has 0 unspecified atom stereocenters. The number of ether oxygens (including phenoxy) is 2. The van der Waals surface area contributed by atoms with Crippen molar-refractivity contribution in [3.63, 3.8) is 0 Å². The Kier molecular flexibility index (Phi) is 9.12. The quantitative estimate of drug-likeness (QED) is 0.398. The Morgan fingerprint density at radius 1 is 1.00 bits per heavy atom. The van der Waals surface area contributed by atoms with Gasteiger partial charge in [0.25, 0.3) is 0 Å². The zero-order valence-electron chi connectivity index (χ0n) is 15.1. The van der Waals surface area contributed by atoms with E-state index in [4.69, 9.17) is 9.47 Å². The van der Waals surface area contributed by atoms with Crippen LogP contribution in [-0.4, -0.2) is 27.2 Å². The number of hydrogen-bond donors (Lipinski definition) is 2. The lowest BCUT2D eigenvalue weighted by Gasteiger charge is -2.14. The van der Waals surface area contributed by atoms with Crippen LogP contribution >= 0.6 is 24.0 Å². The highest BCUT2D eigenvalue weighted by Gasteiger charge is 2.05. The number of halogens is 1. The fourth-order valence-corrected chi connectivity index (χ4v) is 2.37. The lowest BCUT2D eigenvalue weighted by molar-refractivity contribution is 0.408. The molecule has 2 N–H and O–H groups in total. The summed E-state index contributed by atoms with van der Waals surface area (Å²) in [4.78, 5) is 4.26.